The summed E-state index contributed by atoms with van der Waals surface area (Å²) in [5.74, 6) is 0. The van der Waals surface area contributed by atoms with Gasteiger partial charge < -0.3 is 0 Å². The van der Waals surface area contributed by atoms with Gasteiger partial charge in [-0.05, 0) is 43.2 Å². The van der Waals surface area contributed by atoms with Crippen molar-refractivity contribution >= 4 is 0 Å². The minimum atomic E-state index is 0.296. The summed E-state index contributed by atoms with van der Waals surface area (Å²) in [6.07, 6.45) is 2.25. The van der Waals surface area contributed by atoms with E-state index in [1.807, 2.05) is 0 Å². The summed E-state index contributed by atoms with van der Waals surface area (Å²) in [4.78, 5) is 0. The lowest BCUT2D eigenvalue weighted by Gasteiger charge is -2.25. The summed E-state index contributed by atoms with van der Waals surface area (Å²) in [5.41, 5.74) is 5.83. The van der Waals surface area contributed by atoms with Gasteiger partial charge in [0.1, 0.15) is 0 Å². The van der Waals surface area contributed by atoms with Crippen molar-refractivity contribution in [2.75, 3.05) is 0 Å². The van der Waals surface area contributed by atoms with Crippen molar-refractivity contribution in [2.45, 2.75) is 40.5 Å². The summed E-state index contributed by atoms with van der Waals surface area (Å²) in [5, 5.41) is 0. The maximum Gasteiger partial charge on any atom is -0.0224 e. The monoisotopic (exact) mass is 252 g/mol. The van der Waals surface area contributed by atoms with Crippen LogP contribution in [0.1, 0.15) is 36.1 Å². The van der Waals surface area contributed by atoms with Crippen LogP contribution in [0.25, 0.3) is 0 Å². The minimum absolute atomic E-state index is 0.296. The van der Waals surface area contributed by atoms with Crippen molar-refractivity contribution < 1.29 is 0 Å². The summed E-state index contributed by atoms with van der Waals surface area (Å²) >= 11 is 0. The summed E-state index contributed by atoms with van der Waals surface area (Å²) in [7, 11) is 0. The van der Waals surface area contributed by atoms with E-state index in [1.54, 1.807) is 0 Å². The highest BCUT2D eigenvalue weighted by molar-refractivity contribution is 5.25. The molecule has 0 aliphatic rings. The molecule has 0 saturated heterocycles. The van der Waals surface area contributed by atoms with Gasteiger partial charge in [-0.3, -0.25) is 0 Å². The van der Waals surface area contributed by atoms with Crippen LogP contribution in [0.3, 0.4) is 0 Å². The molecule has 2 rings (SSSR count). The van der Waals surface area contributed by atoms with Gasteiger partial charge in [0.15, 0.2) is 0 Å². The summed E-state index contributed by atoms with van der Waals surface area (Å²) in [6.45, 7) is 8.99. The fourth-order valence-electron chi connectivity index (χ4n) is 2.58. The molecule has 0 nitrogen and oxygen atoms in total. The average molecular weight is 252 g/mol. The topological polar surface area (TPSA) is 0 Å². The highest BCUT2D eigenvalue weighted by Crippen LogP contribution is 2.27. The Kier molecular flexibility index (Phi) is 4.09. The van der Waals surface area contributed by atoms with E-state index in [0.717, 1.165) is 12.8 Å². The molecule has 0 N–H and O–H groups in total. The molecule has 2 aromatic rings. The van der Waals surface area contributed by atoms with Crippen LogP contribution in [0.15, 0.2) is 48.5 Å². The number of benzene rings is 2. The maximum atomic E-state index is 2.35. The Hall–Kier alpha value is -1.56. The molecule has 0 heterocycles. The first-order valence-corrected chi connectivity index (χ1v) is 7.06. The Morgan fingerprint density at radius 2 is 0.947 bits per heavy atom. The van der Waals surface area contributed by atoms with Crippen molar-refractivity contribution in [2.24, 2.45) is 5.41 Å². The standard InChI is InChI=1S/C19H24/c1-15-5-9-17(10-6-15)13-19(3,4)14-18-11-7-16(2)8-12-18/h5-12H,13-14H2,1-4H3. The molecule has 0 unspecified atom stereocenters. The first-order chi connectivity index (χ1) is 8.94. The Morgan fingerprint density at radius 3 is 1.26 bits per heavy atom. The fourth-order valence-corrected chi connectivity index (χ4v) is 2.58. The second-order valence-electron chi connectivity index (χ2n) is 6.49. The molecule has 19 heavy (non-hydrogen) atoms. The minimum Gasteiger partial charge on any atom is -0.0593 e. The molecule has 0 spiro atoms. The lowest BCUT2D eigenvalue weighted by Crippen LogP contribution is -2.18. The van der Waals surface area contributed by atoms with Crippen LogP contribution in [0.2, 0.25) is 0 Å². The Bertz CT molecular complexity index is 465. The van der Waals surface area contributed by atoms with Crippen molar-refractivity contribution in [3.8, 4) is 0 Å². The van der Waals surface area contributed by atoms with Crippen LogP contribution < -0.4 is 0 Å². The van der Waals surface area contributed by atoms with Crippen LogP contribution in [0, 0.1) is 19.3 Å². The molecule has 0 radical (unpaired) electrons. The smallest absolute Gasteiger partial charge is 0.0224 e. The Balaban J connectivity index is 2.05. The molecule has 0 saturated carbocycles. The average Bonchev–Trinajstić information content (AvgIpc) is 2.34. The normalized spacial score (nSPS) is 11.6. The van der Waals surface area contributed by atoms with Gasteiger partial charge >= 0.3 is 0 Å². The van der Waals surface area contributed by atoms with E-state index in [4.69, 9.17) is 0 Å². The van der Waals surface area contributed by atoms with E-state index < -0.39 is 0 Å². The quantitative estimate of drug-likeness (QED) is 0.709. The molecular formula is C19H24. The second-order valence-corrected chi connectivity index (χ2v) is 6.49. The van der Waals surface area contributed by atoms with Gasteiger partial charge in [-0.1, -0.05) is 73.5 Å². The molecule has 100 valence electrons. The molecule has 0 aliphatic heterocycles. The second kappa shape index (κ2) is 5.61. The van der Waals surface area contributed by atoms with E-state index in [9.17, 15) is 0 Å². The molecule has 0 bridgehead atoms. The molecule has 0 amide bonds. The maximum absolute atomic E-state index is 2.35. The fraction of sp³-hybridized carbons (Fsp3) is 0.368. The zero-order chi connectivity index (χ0) is 13.9. The number of hydrogen-bond acceptors (Lipinski definition) is 0. The molecular weight excluding hydrogens is 228 g/mol. The van der Waals surface area contributed by atoms with Gasteiger partial charge in [-0.2, -0.15) is 0 Å². The van der Waals surface area contributed by atoms with Gasteiger partial charge in [0.25, 0.3) is 0 Å². The van der Waals surface area contributed by atoms with E-state index in [2.05, 4.69) is 76.2 Å². The summed E-state index contributed by atoms with van der Waals surface area (Å²) < 4.78 is 0. The molecule has 0 aliphatic carbocycles. The van der Waals surface area contributed by atoms with Crippen LogP contribution >= 0.6 is 0 Å². The Labute approximate surface area is 117 Å². The van der Waals surface area contributed by atoms with Gasteiger partial charge in [0.2, 0.25) is 0 Å². The Morgan fingerprint density at radius 1 is 0.632 bits per heavy atom. The number of aryl methyl sites for hydroxylation is 2. The van der Waals surface area contributed by atoms with Crippen LogP contribution in [0.5, 0.6) is 0 Å². The zero-order valence-corrected chi connectivity index (χ0v) is 12.5. The lowest BCUT2D eigenvalue weighted by atomic mass is 9.80. The largest absolute Gasteiger partial charge is 0.0593 e. The SMILES string of the molecule is Cc1ccc(CC(C)(C)Cc2ccc(C)cc2)cc1. The molecule has 0 heteroatoms. The predicted molar refractivity (Wildman–Crippen MR) is 83.5 cm³/mol. The highest BCUT2D eigenvalue weighted by Gasteiger charge is 2.19. The van der Waals surface area contributed by atoms with Crippen molar-refractivity contribution in [1.82, 2.24) is 0 Å². The van der Waals surface area contributed by atoms with Gasteiger partial charge in [-0.15, -0.1) is 0 Å². The van der Waals surface area contributed by atoms with E-state index in [1.165, 1.54) is 22.3 Å². The third-order valence-corrected chi connectivity index (χ3v) is 3.61. The lowest BCUT2D eigenvalue weighted by molar-refractivity contribution is 0.361. The highest BCUT2D eigenvalue weighted by atomic mass is 14.2. The van der Waals surface area contributed by atoms with Gasteiger partial charge in [0.05, 0.1) is 0 Å². The molecule has 0 fully saturated rings. The van der Waals surface area contributed by atoms with E-state index in [0.29, 0.717) is 5.41 Å². The third-order valence-electron chi connectivity index (χ3n) is 3.61. The molecule has 2 aromatic carbocycles. The molecule has 0 aromatic heterocycles. The van der Waals surface area contributed by atoms with Crippen LogP contribution in [0.4, 0.5) is 0 Å². The predicted octanol–water partition coefficient (Wildman–Crippen LogP) is 5.11. The van der Waals surface area contributed by atoms with E-state index >= 15 is 0 Å². The molecule has 0 atom stereocenters. The summed E-state index contributed by atoms with van der Waals surface area (Å²) in [6, 6.07) is 17.8. The van der Waals surface area contributed by atoms with E-state index in [-0.39, 0.29) is 0 Å². The van der Waals surface area contributed by atoms with Crippen molar-refractivity contribution in [3.05, 3.63) is 70.8 Å². The van der Waals surface area contributed by atoms with Crippen LogP contribution in [-0.2, 0) is 12.8 Å². The van der Waals surface area contributed by atoms with Crippen molar-refractivity contribution in [3.63, 3.8) is 0 Å². The third kappa shape index (κ3) is 4.24. The van der Waals surface area contributed by atoms with Crippen molar-refractivity contribution in [1.29, 1.82) is 0 Å². The van der Waals surface area contributed by atoms with Gasteiger partial charge in [-0.25, -0.2) is 0 Å². The number of rotatable bonds is 4. The number of hydrogen-bond donors (Lipinski definition) is 0. The van der Waals surface area contributed by atoms with Crippen LogP contribution in [-0.4, -0.2) is 0 Å². The first-order valence-electron chi connectivity index (χ1n) is 7.06. The first kappa shape index (κ1) is 13.9. The zero-order valence-electron chi connectivity index (χ0n) is 12.5. The van der Waals surface area contributed by atoms with Gasteiger partial charge in [0, 0.05) is 0 Å².